The van der Waals surface area contributed by atoms with Crippen LogP contribution in [0.4, 0.5) is 0 Å². The van der Waals surface area contributed by atoms with E-state index in [1.807, 2.05) is 11.3 Å². The summed E-state index contributed by atoms with van der Waals surface area (Å²) in [5.74, 6) is 2.99. The lowest BCUT2D eigenvalue weighted by atomic mass is 10.0. The molecule has 0 spiro atoms. The maximum absolute atomic E-state index is 4.74. The molecule has 0 amide bonds. The quantitative estimate of drug-likeness (QED) is 0.888. The second kappa shape index (κ2) is 5.53. The minimum atomic E-state index is 0.669. The first-order valence-electron chi connectivity index (χ1n) is 7.87. The number of thiazole rings is 1. The second-order valence-electron chi connectivity index (χ2n) is 6.31. The smallest absolute Gasteiger partial charge is 0.0946 e. The molecule has 0 saturated heterocycles. The monoisotopic (exact) mass is 278 g/mol. The van der Waals surface area contributed by atoms with E-state index in [1.165, 1.54) is 41.3 Å². The summed E-state index contributed by atoms with van der Waals surface area (Å²) in [6.45, 7) is 7.64. The van der Waals surface area contributed by atoms with E-state index in [9.17, 15) is 0 Å². The predicted octanol–water partition coefficient (Wildman–Crippen LogP) is 3.72. The van der Waals surface area contributed by atoms with Crippen molar-refractivity contribution in [3.8, 4) is 0 Å². The average Bonchev–Trinajstić information content (AvgIpc) is 3.03. The zero-order valence-electron chi connectivity index (χ0n) is 12.4. The second-order valence-corrected chi connectivity index (χ2v) is 7.59. The first-order valence-corrected chi connectivity index (χ1v) is 8.68. The molecule has 3 unspecified atom stereocenters. The van der Waals surface area contributed by atoms with Gasteiger partial charge in [-0.3, -0.25) is 0 Å². The number of fused-ring (bicyclic) bond motifs is 1. The Balaban J connectivity index is 1.67. The lowest BCUT2D eigenvalue weighted by Crippen LogP contribution is -2.34. The predicted molar refractivity (Wildman–Crippen MR) is 81.7 cm³/mol. The van der Waals surface area contributed by atoms with Crippen molar-refractivity contribution in [2.75, 3.05) is 6.54 Å². The van der Waals surface area contributed by atoms with Gasteiger partial charge in [0.05, 0.1) is 10.7 Å². The Morgan fingerprint density at radius 1 is 1.26 bits per heavy atom. The van der Waals surface area contributed by atoms with Crippen LogP contribution in [0.1, 0.15) is 48.2 Å². The summed E-state index contributed by atoms with van der Waals surface area (Å²) in [5.41, 5.74) is 1.23. The number of hydrogen-bond donors (Lipinski definition) is 1. The van der Waals surface area contributed by atoms with E-state index >= 15 is 0 Å². The highest BCUT2D eigenvalue weighted by atomic mass is 32.1. The molecule has 1 aromatic heterocycles. The molecule has 1 aromatic rings. The summed E-state index contributed by atoms with van der Waals surface area (Å²) in [7, 11) is 0. The molecule has 1 N–H and O–H groups in total. The zero-order chi connectivity index (χ0) is 13.4. The highest BCUT2D eigenvalue weighted by Crippen LogP contribution is 2.57. The molecule has 106 valence electrons. The van der Waals surface area contributed by atoms with Crippen molar-refractivity contribution in [3.05, 3.63) is 15.6 Å². The van der Waals surface area contributed by atoms with Crippen LogP contribution in [0, 0.1) is 31.6 Å². The lowest BCUT2D eigenvalue weighted by Gasteiger charge is -2.17. The molecule has 19 heavy (non-hydrogen) atoms. The normalized spacial score (nSPS) is 31.0. The van der Waals surface area contributed by atoms with Crippen LogP contribution in [0.5, 0.6) is 0 Å². The Kier molecular flexibility index (Phi) is 3.95. The molecule has 2 aliphatic rings. The third kappa shape index (κ3) is 2.73. The molecule has 3 heteroatoms. The van der Waals surface area contributed by atoms with Crippen LogP contribution in [-0.4, -0.2) is 17.6 Å². The number of aryl methyl sites for hydroxylation is 2. The molecule has 0 aliphatic heterocycles. The van der Waals surface area contributed by atoms with Crippen molar-refractivity contribution in [2.24, 2.45) is 17.8 Å². The van der Waals surface area contributed by atoms with Crippen molar-refractivity contribution in [1.82, 2.24) is 10.3 Å². The summed E-state index contributed by atoms with van der Waals surface area (Å²) >= 11 is 1.90. The molecule has 3 atom stereocenters. The maximum atomic E-state index is 4.74. The molecule has 2 nitrogen and oxygen atoms in total. The van der Waals surface area contributed by atoms with Gasteiger partial charge in [-0.2, -0.15) is 0 Å². The number of rotatable bonds is 5. The van der Waals surface area contributed by atoms with E-state index in [1.54, 1.807) is 0 Å². The van der Waals surface area contributed by atoms with Gasteiger partial charge in [-0.05, 0) is 51.0 Å². The van der Waals surface area contributed by atoms with Gasteiger partial charge in [0.1, 0.15) is 0 Å². The van der Waals surface area contributed by atoms with E-state index in [4.69, 9.17) is 4.98 Å². The van der Waals surface area contributed by atoms with Crippen LogP contribution in [0.2, 0.25) is 0 Å². The fourth-order valence-electron chi connectivity index (χ4n) is 4.07. The summed E-state index contributed by atoms with van der Waals surface area (Å²) in [5, 5.41) is 5.08. The largest absolute Gasteiger partial charge is 0.314 e. The van der Waals surface area contributed by atoms with Gasteiger partial charge in [-0.25, -0.2) is 4.98 Å². The minimum Gasteiger partial charge on any atom is -0.314 e. The molecule has 2 fully saturated rings. The van der Waals surface area contributed by atoms with Gasteiger partial charge in [-0.1, -0.05) is 19.8 Å². The van der Waals surface area contributed by atoms with Crippen LogP contribution < -0.4 is 5.32 Å². The Hall–Kier alpha value is -0.410. The topological polar surface area (TPSA) is 24.9 Å². The summed E-state index contributed by atoms with van der Waals surface area (Å²) < 4.78 is 0. The Morgan fingerprint density at radius 2 is 1.95 bits per heavy atom. The van der Waals surface area contributed by atoms with Crippen LogP contribution in [-0.2, 0) is 6.42 Å². The Bertz CT molecular complexity index is 408. The highest BCUT2D eigenvalue weighted by Gasteiger charge is 2.53. The SMILES string of the molecule is CCNC(Cc1nc(C)c(C)s1)C1C2CCCCC21. The summed E-state index contributed by atoms with van der Waals surface area (Å²) in [6, 6.07) is 0.669. The molecular weight excluding hydrogens is 252 g/mol. The van der Waals surface area contributed by atoms with Crippen molar-refractivity contribution >= 4 is 11.3 Å². The molecule has 0 radical (unpaired) electrons. The van der Waals surface area contributed by atoms with Crippen molar-refractivity contribution in [3.63, 3.8) is 0 Å². The van der Waals surface area contributed by atoms with Crippen LogP contribution in [0.3, 0.4) is 0 Å². The first-order chi connectivity index (χ1) is 9.20. The standard InChI is InChI=1S/C16H26N2S/c1-4-17-14(9-15-18-10(2)11(3)19-15)16-12-7-5-6-8-13(12)16/h12-14,16-17H,4-9H2,1-3H3. The van der Waals surface area contributed by atoms with Crippen LogP contribution in [0.15, 0.2) is 0 Å². The number of nitrogens with one attached hydrogen (secondary N) is 1. The zero-order valence-corrected chi connectivity index (χ0v) is 13.2. The van der Waals surface area contributed by atoms with Gasteiger partial charge in [-0.15, -0.1) is 11.3 Å². The fourth-order valence-corrected chi connectivity index (χ4v) is 5.06. The van der Waals surface area contributed by atoms with Crippen LogP contribution in [0.25, 0.3) is 0 Å². The Labute approximate surface area is 121 Å². The minimum absolute atomic E-state index is 0.669. The van der Waals surface area contributed by atoms with E-state index in [2.05, 4.69) is 26.1 Å². The van der Waals surface area contributed by atoms with E-state index in [0.29, 0.717) is 6.04 Å². The Morgan fingerprint density at radius 3 is 2.47 bits per heavy atom. The third-order valence-electron chi connectivity index (χ3n) is 5.12. The molecular formula is C16H26N2S. The van der Waals surface area contributed by atoms with E-state index in [-0.39, 0.29) is 0 Å². The average molecular weight is 278 g/mol. The maximum Gasteiger partial charge on any atom is 0.0946 e. The van der Waals surface area contributed by atoms with Crippen molar-refractivity contribution in [1.29, 1.82) is 0 Å². The molecule has 0 bridgehead atoms. The van der Waals surface area contributed by atoms with Crippen LogP contribution >= 0.6 is 11.3 Å². The number of nitrogens with zero attached hydrogens (tertiary/aromatic N) is 1. The van der Waals surface area contributed by atoms with Crippen molar-refractivity contribution < 1.29 is 0 Å². The van der Waals surface area contributed by atoms with Gasteiger partial charge >= 0.3 is 0 Å². The molecule has 2 saturated carbocycles. The van der Waals surface area contributed by atoms with Crippen molar-refractivity contribution in [2.45, 2.75) is 58.9 Å². The number of hydrogen-bond acceptors (Lipinski definition) is 3. The van der Waals surface area contributed by atoms with Gasteiger partial charge in [0.2, 0.25) is 0 Å². The fraction of sp³-hybridized carbons (Fsp3) is 0.812. The first kappa shape index (κ1) is 13.6. The van der Waals surface area contributed by atoms with Gasteiger partial charge < -0.3 is 5.32 Å². The number of likely N-dealkylation sites (N-methyl/N-ethyl adjacent to an activating group) is 1. The van der Waals surface area contributed by atoms with Gasteiger partial charge in [0, 0.05) is 17.3 Å². The molecule has 0 aromatic carbocycles. The third-order valence-corrected chi connectivity index (χ3v) is 6.22. The summed E-state index contributed by atoms with van der Waals surface area (Å²) in [4.78, 5) is 6.13. The van der Waals surface area contributed by atoms with Gasteiger partial charge in [0.15, 0.2) is 0 Å². The molecule has 2 aliphatic carbocycles. The molecule has 3 rings (SSSR count). The van der Waals surface area contributed by atoms with E-state index < -0.39 is 0 Å². The summed E-state index contributed by atoms with van der Waals surface area (Å²) in [6.07, 6.45) is 7.03. The van der Waals surface area contributed by atoms with E-state index in [0.717, 1.165) is 30.7 Å². The van der Waals surface area contributed by atoms with Gasteiger partial charge in [0.25, 0.3) is 0 Å². The molecule has 1 heterocycles. The highest BCUT2D eigenvalue weighted by molar-refractivity contribution is 7.11. The number of aromatic nitrogens is 1. The lowest BCUT2D eigenvalue weighted by molar-refractivity contribution is 0.437.